The zero-order chi connectivity index (χ0) is 18.8. The fraction of sp³-hybridized carbons (Fsp3) is 0.167. The van der Waals surface area contributed by atoms with Crippen LogP contribution < -0.4 is 19.5 Å². The Bertz CT molecular complexity index is 1000. The van der Waals surface area contributed by atoms with E-state index in [2.05, 4.69) is 20.5 Å². The van der Waals surface area contributed by atoms with Crippen molar-refractivity contribution in [3.8, 4) is 28.5 Å². The number of aromatic amines is 1. The van der Waals surface area contributed by atoms with E-state index in [1.165, 1.54) is 12.3 Å². The number of hydrogen-bond donors (Lipinski definition) is 2. The number of nitrogens with zero attached hydrogens (tertiary/aromatic N) is 2. The molecule has 1 aliphatic rings. The van der Waals surface area contributed by atoms with Crippen LogP contribution in [-0.4, -0.2) is 34.5 Å². The van der Waals surface area contributed by atoms with Crippen molar-refractivity contribution in [1.82, 2.24) is 15.2 Å². The second-order valence-electron chi connectivity index (χ2n) is 5.62. The summed E-state index contributed by atoms with van der Waals surface area (Å²) in [7, 11) is 0. The van der Waals surface area contributed by atoms with Crippen molar-refractivity contribution >= 4 is 23.3 Å². The van der Waals surface area contributed by atoms with Crippen molar-refractivity contribution in [2.24, 2.45) is 0 Å². The number of hydrogen-bond acceptors (Lipinski definition) is 6. The molecule has 27 heavy (non-hydrogen) atoms. The number of fused-ring (bicyclic) bond motifs is 1. The first-order valence-electron chi connectivity index (χ1n) is 8.18. The van der Waals surface area contributed by atoms with Crippen LogP contribution in [0.5, 0.6) is 17.4 Å². The van der Waals surface area contributed by atoms with Gasteiger partial charge >= 0.3 is 0 Å². The molecule has 1 amide bonds. The molecule has 8 nitrogen and oxygen atoms in total. The Morgan fingerprint density at radius 1 is 1.30 bits per heavy atom. The third-order valence-electron chi connectivity index (χ3n) is 3.91. The standard InChI is InChI=1S/C18H15ClN4O4/c1-2-25-18-13(19)5-11(7-20-18)17(24)22-16-12(8-21-23-16)10-3-4-14-15(6-10)27-9-26-14/h3-8H,2,9H2,1H3,(H2,21,22,23,24). The molecule has 0 saturated carbocycles. The van der Waals surface area contributed by atoms with Crippen molar-refractivity contribution < 1.29 is 19.0 Å². The Kier molecular flexibility index (Phi) is 4.55. The van der Waals surface area contributed by atoms with Crippen LogP contribution >= 0.6 is 11.6 Å². The highest BCUT2D eigenvalue weighted by Crippen LogP contribution is 2.37. The monoisotopic (exact) mass is 386 g/mol. The van der Waals surface area contributed by atoms with E-state index in [9.17, 15) is 4.79 Å². The molecular weight excluding hydrogens is 372 g/mol. The molecule has 0 fully saturated rings. The van der Waals surface area contributed by atoms with Gasteiger partial charge in [-0.05, 0) is 30.7 Å². The summed E-state index contributed by atoms with van der Waals surface area (Å²) in [6.45, 7) is 2.46. The summed E-state index contributed by atoms with van der Waals surface area (Å²) in [4.78, 5) is 16.6. The Morgan fingerprint density at radius 2 is 2.15 bits per heavy atom. The second-order valence-corrected chi connectivity index (χ2v) is 6.03. The summed E-state index contributed by atoms with van der Waals surface area (Å²) in [5, 5.41) is 9.86. The number of rotatable bonds is 5. The molecule has 3 aromatic rings. The molecule has 2 aromatic heterocycles. The summed E-state index contributed by atoms with van der Waals surface area (Å²) in [5.74, 6) is 1.69. The zero-order valence-corrected chi connectivity index (χ0v) is 15.0. The average Bonchev–Trinajstić information content (AvgIpc) is 3.31. The molecule has 138 valence electrons. The lowest BCUT2D eigenvalue weighted by molar-refractivity contribution is 0.102. The quantitative estimate of drug-likeness (QED) is 0.696. The topological polar surface area (TPSA) is 98.4 Å². The Morgan fingerprint density at radius 3 is 2.96 bits per heavy atom. The number of carbonyl (C=O) groups is 1. The van der Waals surface area contributed by atoms with Crippen molar-refractivity contribution in [1.29, 1.82) is 0 Å². The SMILES string of the molecule is CCOc1ncc(C(=O)Nc2[nH]ncc2-c2ccc3c(c2)OCO3)cc1Cl. The fourth-order valence-corrected chi connectivity index (χ4v) is 2.86. The molecule has 0 unspecified atom stereocenters. The van der Waals surface area contributed by atoms with Gasteiger partial charge in [-0.1, -0.05) is 17.7 Å². The maximum Gasteiger partial charge on any atom is 0.258 e. The summed E-state index contributed by atoms with van der Waals surface area (Å²) in [6, 6.07) is 7.01. The first-order chi connectivity index (χ1) is 13.2. The minimum Gasteiger partial charge on any atom is -0.477 e. The van der Waals surface area contributed by atoms with Crippen LogP contribution in [0.3, 0.4) is 0 Å². The van der Waals surface area contributed by atoms with Crippen LogP contribution in [0.25, 0.3) is 11.1 Å². The summed E-state index contributed by atoms with van der Waals surface area (Å²) < 4.78 is 16.0. The number of nitrogens with one attached hydrogen (secondary N) is 2. The van der Waals surface area contributed by atoms with Gasteiger partial charge in [0, 0.05) is 11.8 Å². The molecule has 1 aliphatic heterocycles. The van der Waals surface area contributed by atoms with Gasteiger partial charge in [-0.2, -0.15) is 5.10 Å². The molecule has 1 aromatic carbocycles. The van der Waals surface area contributed by atoms with Crippen LogP contribution in [-0.2, 0) is 0 Å². The predicted molar refractivity (Wildman–Crippen MR) is 98.5 cm³/mol. The molecule has 3 heterocycles. The van der Waals surface area contributed by atoms with Crippen molar-refractivity contribution in [2.45, 2.75) is 6.92 Å². The maximum absolute atomic E-state index is 12.6. The lowest BCUT2D eigenvalue weighted by Crippen LogP contribution is -2.13. The second kappa shape index (κ2) is 7.16. The number of halogens is 1. The van der Waals surface area contributed by atoms with Crippen LogP contribution in [0.2, 0.25) is 5.02 Å². The molecular formula is C18H15ClN4O4. The third kappa shape index (κ3) is 3.39. The van der Waals surface area contributed by atoms with E-state index in [1.54, 1.807) is 6.20 Å². The molecule has 9 heteroatoms. The van der Waals surface area contributed by atoms with Crippen LogP contribution in [0, 0.1) is 0 Å². The molecule has 0 aliphatic carbocycles. The van der Waals surface area contributed by atoms with Gasteiger partial charge in [0.05, 0.1) is 18.4 Å². The van der Waals surface area contributed by atoms with Crippen LogP contribution in [0.4, 0.5) is 5.82 Å². The van der Waals surface area contributed by atoms with E-state index in [0.717, 1.165) is 5.56 Å². The summed E-state index contributed by atoms with van der Waals surface area (Å²) >= 11 is 6.10. The summed E-state index contributed by atoms with van der Waals surface area (Å²) in [6.07, 6.45) is 3.03. The fourth-order valence-electron chi connectivity index (χ4n) is 2.64. The first kappa shape index (κ1) is 17.2. The molecule has 4 rings (SSSR count). The van der Waals surface area contributed by atoms with Gasteiger partial charge in [-0.15, -0.1) is 0 Å². The normalized spacial score (nSPS) is 12.1. The largest absolute Gasteiger partial charge is 0.477 e. The van der Waals surface area contributed by atoms with E-state index in [4.69, 9.17) is 25.8 Å². The van der Waals surface area contributed by atoms with E-state index in [1.807, 2.05) is 25.1 Å². The zero-order valence-electron chi connectivity index (χ0n) is 14.3. The number of benzene rings is 1. The number of aromatic nitrogens is 3. The van der Waals surface area contributed by atoms with Crippen LogP contribution in [0.15, 0.2) is 36.7 Å². The highest BCUT2D eigenvalue weighted by atomic mass is 35.5. The van der Waals surface area contributed by atoms with E-state index in [0.29, 0.717) is 40.9 Å². The van der Waals surface area contributed by atoms with E-state index >= 15 is 0 Å². The highest BCUT2D eigenvalue weighted by molar-refractivity contribution is 6.32. The third-order valence-corrected chi connectivity index (χ3v) is 4.18. The van der Waals surface area contributed by atoms with Gasteiger partial charge in [0.1, 0.15) is 10.8 Å². The smallest absolute Gasteiger partial charge is 0.258 e. The van der Waals surface area contributed by atoms with Crippen LogP contribution in [0.1, 0.15) is 17.3 Å². The van der Waals surface area contributed by atoms with E-state index < -0.39 is 0 Å². The molecule has 0 atom stereocenters. The molecule has 0 radical (unpaired) electrons. The molecule has 2 N–H and O–H groups in total. The maximum atomic E-state index is 12.6. The van der Waals surface area contributed by atoms with Crippen molar-refractivity contribution in [2.75, 3.05) is 18.7 Å². The lowest BCUT2D eigenvalue weighted by atomic mass is 10.1. The molecule has 0 spiro atoms. The van der Waals surface area contributed by atoms with Crippen molar-refractivity contribution in [3.05, 3.63) is 47.2 Å². The van der Waals surface area contributed by atoms with Gasteiger partial charge in [-0.25, -0.2) is 4.98 Å². The summed E-state index contributed by atoms with van der Waals surface area (Å²) in [5.41, 5.74) is 1.84. The number of amides is 1. The van der Waals surface area contributed by atoms with Gasteiger partial charge < -0.3 is 19.5 Å². The van der Waals surface area contributed by atoms with Gasteiger partial charge in [0.15, 0.2) is 11.5 Å². The first-order valence-corrected chi connectivity index (χ1v) is 8.56. The Balaban J connectivity index is 1.56. The van der Waals surface area contributed by atoms with Gasteiger partial charge in [0.25, 0.3) is 5.91 Å². The Labute approximate surface area is 159 Å². The number of pyridine rings is 1. The number of ether oxygens (including phenoxy) is 3. The minimum atomic E-state index is -0.376. The predicted octanol–water partition coefficient (Wildman–Crippen LogP) is 3.50. The lowest BCUT2D eigenvalue weighted by Gasteiger charge is -2.08. The molecule has 0 bridgehead atoms. The number of H-pyrrole nitrogens is 1. The van der Waals surface area contributed by atoms with Gasteiger partial charge in [-0.3, -0.25) is 9.89 Å². The highest BCUT2D eigenvalue weighted by Gasteiger charge is 2.18. The van der Waals surface area contributed by atoms with E-state index in [-0.39, 0.29) is 17.7 Å². The average molecular weight is 387 g/mol. The minimum absolute atomic E-state index is 0.194. The van der Waals surface area contributed by atoms with Gasteiger partial charge in [0.2, 0.25) is 12.7 Å². The van der Waals surface area contributed by atoms with Crippen molar-refractivity contribution in [3.63, 3.8) is 0 Å². The number of anilines is 1. The molecule has 0 saturated heterocycles. The Hall–Kier alpha value is -3.26. The number of carbonyl (C=O) groups excluding carboxylic acids is 1.